The Morgan fingerprint density at radius 2 is 1.60 bits per heavy atom. The van der Waals surface area contributed by atoms with Gasteiger partial charge in [-0.3, -0.25) is 4.79 Å². The van der Waals surface area contributed by atoms with Crippen LogP contribution in [0.1, 0.15) is 10.4 Å². The predicted molar refractivity (Wildman–Crippen MR) is 70.3 cm³/mol. The van der Waals surface area contributed by atoms with Crippen molar-refractivity contribution in [3.63, 3.8) is 0 Å². The quantitative estimate of drug-likeness (QED) is 0.787. The van der Waals surface area contributed by atoms with Crippen LogP contribution in [0.2, 0.25) is 10.6 Å². The second kappa shape index (κ2) is 4.37. The molecule has 0 saturated heterocycles. The van der Waals surface area contributed by atoms with E-state index in [9.17, 15) is 13.2 Å². The van der Waals surface area contributed by atoms with E-state index in [0.29, 0.717) is 4.31 Å². The molecule has 1 aliphatic heterocycles. The van der Waals surface area contributed by atoms with Crippen LogP contribution >= 0.6 is 23.2 Å². The summed E-state index contributed by atoms with van der Waals surface area (Å²) in [5, 5.41) is -0.613. The van der Waals surface area contributed by atoms with Crippen LogP contribution in [0.15, 0.2) is 29.2 Å². The molecule has 10 heteroatoms. The molecule has 0 radical (unpaired) electrons. The second-order valence-corrected chi connectivity index (χ2v) is 6.18. The maximum Gasteiger partial charge on any atom is 0.276 e. The van der Waals surface area contributed by atoms with Gasteiger partial charge in [0.05, 0.1) is 5.56 Å². The van der Waals surface area contributed by atoms with E-state index in [1.807, 2.05) is 0 Å². The van der Waals surface area contributed by atoms with Gasteiger partial charge in [0, 0.05) is 0 Å². The number of carbonyl (C=O) groups excluding carboxylic acids is 1. The Bertz CT molecular complexity index is 820. The summed E-state index contributed by atoms with van der Waals surface area (Å²) in [4.78, 5) is 22.8. The smallest absolute Gasteiger partial charge is 0.267 e. The van der Waals surface area contributed by atoms with Crippen molar-refractivity contribution in [2.75, 3.05) is 4.31 Å². The number of rotatable bonds is 1. The van der Waals surface area contributed by atoms with Crippen LogP contribution in [-0.2, 0) is 10.0 Å². The summed E-state index contributed by atoms with van der Waals surface area (Å²) in [6, 6.07) is 5.80. The number of benzene rings is 1. The summed E-state index contributed by atoms with van der Waals surface area (Å²) in [5.74, 6) is -1.20. The van der Waals surface area contributed by atoms with Crippen molar-refractivity contribution < 1.29 is 13.2 Å². The SMILES string of the molecule is O=C1c2ccccc2S(=O)(=O)N1c1nc(Cl)nc(Cl)n1. The first-order valence-electron chi connectivity index (χ1n) is 5.17. The van der Waals surface area contributed by atoms with Crippen molar-refractivity contribution in [3.05, 3.63) is 40.4 Å². The van der Waals surface area contributed by atoms with E-state index in [1.165, 1.54) is 18.2 Å². The topological polar surface area (TPSA) is 93.1 Å². The van der Waals surface area contributed by atoms with Crippen molar-refractivity contribution in [2.45, 2.75) is 4.90 Å². The van der Waals surface area contributed by atoms with E-state index in [1.54, 1.807) is 6.07 Å². The molecule has 1 aromatic carbocycles. The van der Waals surface area contributed by atoms with E-state index in [2.05, 4.69) is 15.0 Å². The fraction of sp³-hybridized carbons (Fsp3) is 0. The number of nitrogens with zero attached hydrogens (tertiary/aromatic N) is 4. The van der Waals surface area contributed by atoms with E-state index in [-0.39, 0.29) is 21.0 Å². The molecule has 1 amide bonds. The number of sulfonamides is 1. The van der Waals surface area contributed by atoms with E-state index in [0.717, 1.165) is 0 Å². The number of fused-ring (bicyclic) bond motifs is 1. The zero-order valence-electron chi connectivity index (χ0n) is 9.49. The third kappa shape index (κ3) is 1.84. The lowest BCUT2D eigenvalue weighted by Crippen LogP contribution is -2.31. The average Bonchev–Trinajstić information content (AvgIpc) is 2.56. The molecule has 7 nitrogen and oxygen atoms in total. The highest BCUT2D eigenvalue weighted by atomic mass is 35.5. The molecular weight excluding hydrogens is 327 g/mol. The molecule has 0 atom stereocenters. The number of carbonyl (C=O) groups is 1. The van der Waals surface area contributed by atoms with Crippen LogP contribution < -0.4 is 4.31 Å². The van der Waals surface area contributed by atoms with Gasteiger partial charge in [-0.1, -0.05) is 12.1 Å². The number of hydrogen-bond acceptors (Lipinski definition) is 6. The fourth-order valence-corrected chi connectivity index (χ4v) is 3.64. The summed E-state index contributed by atoms with van der Waals surface area (Å²) in [7, 11) is -4.07. The first-order valence-corrected chi connectivity index (χ1v) is 7.36. The lowest BCUT2D eigenvalue weighted by molar-refractivity contribution is 0.101. The third-order valence-electron chi connectivity index (χ3n) is 2.57. The van der Waals surface area contributed by atoms with Gasteiger partial charge < -0.3 is 0 Å². The molecule has 2 heterocycles. The van der Waals surface area contributed by atoms with Crippen LogP contribution in [0.5, 0.6) is 0 Å². The minimum atomic E-state index is -4.07. The molecular formula is C10H4Cl2N4O3S. The van der Waals surface area contributed by atoms with Crippen molar-refractivity contribution >= 4 is 45.1 Å². The Morgan fingerprint density at radius 3 is 2.20 bits per heavy atom. The molecule has 1 aliphatic rings. The van der Waals surface area contributed by atoms with Crippen molar-refractivity contribution in [1.29, 1.82) is 0 Å². The van der Waals surface area contributed by atoms with Crippen molar-refractivity contribution in [2.24, 2.45) is 0 Å². The molecule has 0 spiro atoms. The highest BCUT2D eigenvalue weighted by Crippen LogP contribution is 2.33. The van der Waals surface area contributed by atoms with Crippen LogP contribution in [0.4, 0.5) is 5.95 Å². The Balaban J connectivity index is 2.25. The van der Waals surface area contributed by atoms with Crippen LogP contribution in [-0.4, -0.2) is 29.3 Å². The summed E-state index contributed by atoms with van der Waals surface area (Å²) < 4.78 is 25.1. The molecule has 0 saturated carbocycles. The molecule has 0 N–H and O–H groups in total. The zero-order valence-corrected chi connectivity index (χ0v) is 11.8. The molecule has 3 rings (SSSR count). The van der Waals surface area contributed by atoms with Crippen LogP contribution in [0, 0.1) is 0 Å². The molecule has 0 unspecified atom stereocenters. The van der Waals surface area contributed by atoms with Crippen LogP contribution in [0.25, 0.3) is 0 Å². The summed E-state index contributed by atoms with van der Waals surface area (Å²) >= 11 is 11.2. The minimum Gasteiger partial charge on any atom is -0.267 e. The van der Waals surface area contributed by atoms with Crippen LogP contribution in [0.3, 0.4) is 0 Å². The van der Waals surface area contributed by atoms with Crippen molar-refractivity contribution in [3.8, 4) is 0 Å². The lowest BCUT2D eigenvalue weighted by Gasteiger charge is -2.12. The van der Waals surface area contributed by atoms with Gasteiger partial charge in [-0.2, -0.15) is 19.3 Å². The van der Waals surface area contributed by atoms with Gasteiger partial charge in [-0.15, -0.1) is 0 Å². The number of amides is 1. The molecule has 102 valence electrons. The average molecular weight is 331 g/mol. The Hall–Kier alpha value is -1.77. The number of aromatic nitrogens is 3. The summed E-state index contributed by atoms with van der Waals surface area (Å²) in [5.41, 5.74) is 0.0418. The summed E-state index contributed by atoms with van der Waals surface area (Å²) in [6.07, 6.45) is 0. The molecule has 0 aliphatic carbocycles. The Morgan fingerprint density at radius 1 is 1.00 bits per heavy atom. The standard InChI is InChI=1S/C10H4Cl2N4O3S/c11-8-13-9(12)15-10(14-8)16-7(17)5-3-1-2-4-6(5)20(16,18)19/h1-4H. The maximum atomic E-state index is 12.3. The molecule has 0 fully saturated rings. The zero-order chi connectivity index (χ0) is 14.5. The molecule has 1 aromatic heterocycles. The van der Waals surface area contributed by atoms with Gasteiger partial charge in [-0.25, -0.2) is 8.42 Å². The third-order valence-corrected chi connectivity index (χ3v) is 4.63. The normalized spacial score (nSPS) is 16.3. The number of halogens is 2. The van der Waals surface area contributed by atoms with Gasteiger partial charge >= 0.3 is 0 Å². The molecule has 0 bridgehead atoms. The molecule has 20 heavy (non-hydrogen) atoms. The monoisotopic (exact) mass is 330 g/mol. The maximum absolute atomic E-state index is 12.3. The van der Waals surface area contributed by atoms with Gasteiger partial charge in [-0.05, 0) is 35.3 Å². The minimum absolute atomic E-state index is 0.0418. The van der Waals surface area contributed by atoms with Gasteiger partial charge in [0.1, 0.15) is 4.90 Å². The van der Waals surface area contributed by atoms with Crippen molar-refractivity contribution in [1.82, 2.24) is 15.0 Å². The second-order valence-electron chi connectivity index (χ2n) is 3.74. The number of hydrogen-bond donors (Lipinski definition) is 0. The highest BCUT2D eigenvalue weighted by Gasteiger charge is 2.43. The summed E-state index contributed by atoms with van der Waals surface area (Å²) in [6.45, 7) is 0. The Kier molecular flexibility index (Phi) is 2.89. The van der Waals surface area contributed by atoms with E-state index in [4.69, 9.17) is 23.2 Å². The van der Waals surface area contributed by atoms with Gasteiger partial charge in [0.2, 0.25) is 10.6 Å². The Labute approximate surface area is 123 Å². The molecule has 2 aromatic rings. The van der Waals surface area contributed by atoms with Gasteiger partial charge in [0.25, 0.3) is 21.9 Å². The van der Waals surface area contributed by atoms with E-state index >= 15 is 0 Å². The predicted octanol–water partition coefficient (Wildman–Crippen LogP) is 1.53. The lowest BCUT2D eigenvalue weighted by atomic mass is 10.2. The highest BCUT2D eigenvalue weighted by molar-refractivity contribution is 7.94. The first kappa shape index (κ1) is 13.2. The van der Waals surface area contributed by atoms with Gasteiger partial charge in [0.15, 0.2) is 0 Å². The largest absolute Gasteiger partial charge is 0.276 e. The van der Waals surface area contributed by atoms with E-state index < -0.39 is 21.9 Å². The fourth-order valence-electron chi connectivity index (χ4n) is 1.79. The number of anilines is 1. The first-order chi connectivity index (χ1) is 9.41.